The van der Waals surface area contributed by atoms with Crippen molar-refractivity contribution in [2.24, 2.45) is 0 Å². The third-order valence-electron chi connectivity index (χ3n) is 4.83. The summed E-state index contributed by atoms with van der Waals surface area (Å²) in [7, 11) is 0. The minimum atomic E-state index is -0.319. The van der Waals surface area contributed by atoms with Gasteiger partial charge in [-0.15, -0.1) is 0 Å². The molecule has 0 saturated heterocycles. The molecule has 0 saturated carbocycles. The Balaban J connectivity index is 1.73. The van der Waals surface area contributed by atoms with Crippen molar-refractivity contribution in [3.05, 3.63) is 45.7 Å². The molecule has 1 aliphatic rings. The van der Waals surface area contributed by atoms with Crippen molar-refractivity contribution in [2.75, 3.05) is 11.9 Å². The van der Waals surface area contributed by atoms with Gasteiger partial charge in [-0.05, 0) is 38.5 Å². The summed E-state index contributed by atoms with van der Waals surface area (Å²) in [5.74, 6) is -0.547. The van der Waals surface area contributed by atoms with E-state index in [0.29, 0.717) is 23.5 Å². The molecule has 8 heteroatoms. The van der Waals surface area contributed by atoms with Crippen LogP contribution in [0.15, 0.2) is 18.2 Å². The highest BCUT2D eigenvalue weighted by molar-refractivity contribution is 6.34. The molecule has 1 aromatic heterocycles. The molecule has 144 valence electrons. The molecule has 0 spiro atoms. The first-order valence-corrected chi connectivity index (χ1v) is 9.39. The van der Waals surface area contributed by atoms with Crippen LogP contribution >= 0.6 is 11.6 Å². The predicted molar refractivity (Wildman–Crippen MR) is 105 cm³/mol. The first-order chi connectivity index (χ1) is 12.8. The second-order valence-electron chi connectivity index (χ2n) is 7.30. The van der Waals surface area contributed by atoms with Gasteiger partial charge in [0, 0.05) is 42.0 Å². The zero-order valence-electron chi connectivity index (χ0n) is 15.7. The molecular weight excluding hydrogens is 366 g/mol. The van der Waals surface area contributed by atoms with E-state index in [1.165, 1.54) is 0 Å². The van der Waals surface area contributed by atoms with E-state index in [1.807, 2.05) is 20.8 Å². The molecular formula is C19H24ClN5O2. The van der Waals surface area contributed by atoms with Gasteiger partial charge in [0.15, 0.2) is 5.69 Å². The van der Waals surface area contributed by atoms with Crippen molar-refractivity contribution in [1.82, 2.24) is 20.8 Å². The number of anilines is 1. The molecule has 1 aliphatic heterocycles. The van der Waals surface area contributed by atoms with Crippen LogP contribution in [0.2, 0.25) is 5.02 Å². The van der Waals surface area contributed by atoms with Gasteiger partial charge in [-0.3, -0.25) is 14.7 Å². The van der Waals surface area contributed by atoms with Crippen LogP contribution in [0.1, 0.15) is 59.3 Å². The van der Waals surface area contributed by atoms with Crippen molar-refractivity contribution in [3.8, 4) is 0 Å². The minimum Gasteiger partial charge on any atom is -0.347 e. The number of hydrogen-bond acceptors (Lipinski definition) is 4. The van der Waals surface area contributed by atoms with Gasteiger partial charge in [0.1, 0.15) is 0 Å². The van der Waals surface area contributed by atoms with Gasteiger partial charge in [-0.1, -0.05) is 18.5 Å². The maximum atomic E-state index is 12.6. The smallest absolute Gasteiger partial charge is 0.276 e. The molecule has 0 fully saturated rings. The highest BCUT2D eigenvalue weighted by Crippen LogP contribution is 2.23. The summed E-state index contributed by atoms with van der Waals surface area (Å²) < 4.78 is 0. The van der Waals surface area contributed by atoms with Gasteiger partial charge in [0.05, 0.1) is 10.6 Å². The fourth-order valence-electron chi connectivity index (χ4n) is 2.84. The van der Waals surface area contributed by atoms with E-state index in [4.69, 9.17) is 11.6 Å². The molecule has 27 heavy (non-hydrogen) atoms. The van der Waals surface area contributed by atoms with E-state index in [-0.39, 0.29) is 22.4 Å². The van der Waals surface area contributed by atoms with Gasteiger partial charge in [0.25, 0.3) is 11.8 Å². The van der Waals surface area contributed by atoms with E-state index < -0.39 is 0 Å². The van der Waals surface area contributed by atoms with E-state index in [1.54, 1.807) is 18.2 Å². The average Bonchev–Trinajstić information content (AvgIpc) is 3.05. The van der Waals surface area contributed by atoms with Crippen molar-refractivity contribution < 1.29 is 9.59 Å². The van der Waals surface area contributed by atoms with Crippen LogP contribution in [-0.4, -0.2) is 34.1 Å². The van der Waals surface area contributed by atoms with E-state index in [2.05, 4.69) is 26.1 Å². The van der Waals surface area contributed by atoms with Crippen molar-refractivity contribution in [2.45, 2.75) is 45.7 Å². The zero-order chi connectivity index (χ0) is 19.6. The Morgan fingerprint density at radius 3 is 2.78 bits per heavy atom. The summed E-state index contributed by atoms with van der Waals surface area (Å²) in [6.07, 6.45) is 1.62. The second-order valence-corrected chi connectivity index (χ2v) is 7.70. The van der Waals surface area contributed by atoms with Crippen LogP contribution < -0.4 is 16.0 Å². The lowest BCUT2D eigenvalue weighted by Crippen LogP contribution is -2.42. The first kappa shape index (κ1) is 19.4. The third kappa shape index (κ3) is 4.31. The lowest BCUT2D eigenvalue weighted by atomic mass is 10.0. The molecule has 0 aliphatic carbocycles. The Morgan fingerprint density at radius 1 is 1.30 bits per heavy atom. The minimum absolute atomic E-state index is 0.239. The number of benzene rings is 1. The molecule has 2 heterocycles. The van der Waals surface area contributed by atoms with Gasteiger partial charge in [-0.25, -0.2) is 0 Å². The zero-order valence-corrected chi connectivity index (χ0v) is 16.5. The molecule has 3 rings (SSSR count). The molecule has 1 aromatic carbocycles. The van der Waals surface area contributed by atoms with Crippen LogP contribution in [0.5, 0.6) is 0 Å². The Hall–Kier alpha value is -2.38. The van der Waals surface area contributed by atoms with Gasteiger partial charge >= 0.3 is 0 Å². The van der Waals surface area contributed by atoms with E-state index >= 15 is 0 Å². The lowest BCUT2D eigenvalue weighted by molar-refractivity contribution is 0.0911. The Labute approximate surface area is 163 Å². The maximum absolute atomic E-state index is 12.6. The standard InChI is InChI=1S/C19H24ClN5O2/c1-4-19(2,3)23-17(26)12-6-5-11(9-14(12)20)22-18(27)16-13-10-21-8-7-15(13)24-25-16/h5-6,9,21H,4,7-8,10H2,1-3H3,(H,22,27)(H,23,26)(H,24,25). The average molecular weight is 390 g/mol. The summed E-state index contributed by atoms with van der Waals surface area (Å²) in [5, 5.41) is 16.3. The molecule has 0 atom stereocenters. The lowest BCUT2D eigenvalue weighted by Gasteiger charge is -2.24. The third-order valence-corrected chi connectivity index (χ3v) is 5.14. The van der Waals surface area contributed by atoms with Crippen molar-refractivity contribution in [1.29, 1.82) is 0 Å². The molecule has 0 unspecified atom stereocenters. The van der Waals surface area contributed by atoms with Crippen molar-refractivity contribution in [3.63, 3.8) is 0 Å². The van der Waals surface area contributed by atoms with Gasteiger partial charge < -0.3 is 16.0 Å². The fourth-order valence-corrected chi connectivity index (χ4v) is 3.11. The Bertz CT molecular complexity index is 875. The number of amides is 2. The number of aromatic nitrogens is 2. The molecule has 4 N–H and O–H groups in total. The highest BCUT2D eigenvalue weighted by Gasteiger charge is 2.23. The number of hydrogen-bond donors (Lipinski definition) is 4. The summed E-state index contributed by atoms with van der Waals surface area (Å²) in [6.45, 7) is 7.38. The van der Waals surface area contributed by atoms with E-state index in [9.17, 15) is 9.59 Å². The molecule has 7 nitrogen and oxygen atoms in total. The van der Waals surface area contributed by atoms with Crippen molar-refractivity contribution >= 4 is 29.1 Å². The summed E-state index contributed by atoms with van der Waals surface area (Å²) in [5.41, 5.74) is 2.82. The van der Waals surface area contributed by atoms with Gasteiger partial charge in [-0.2, -0.15) is 5.10 Å². The summed E-state index contributed by atoms with van der Waals surface area (Å²) in [6, 6.07) is 4.85. The molecule has 0 bridgehead atoms. The number of fused-ring (bicyclic) bond motifs is 1. The van der Waals surface area contributed by atoms with Gasteiger partial charge in [0.2, 0.25) is 0 Å². The Kier molecular flexibility index (Phi) is 5.53. The number of aromatic amines is 1. The number of nitrogens with zero attached hydrogens (tertiary/aromatic N) is 1. The van der Waals surface area contributed by atoms with E-state index in [0.717, 1.165) is 30.6 Å². The number of H-pyrrole nitrogens is 1. The summed E-state index contributed by atoms with van der Waals surface area (Å²) >= 11 is 6.28. The van der Waals surface area contributed by atoms with Crippen LogP contribution in [0.4, 0.5) is 5.69 Å². The number of rotatable bonds is 5. The second kappa shape index (κ2) is 7.70. The number of carbonyl (C=O) groups excluding carboxylic acids is 2. The Morgan fingerprint density at radius 2 is 2.07 bits per heavy atom. The predicted octanol–water partition coefficient (Wildman–Crippen LogP) is 2.88. The van der Waals surface area contributed by atoms with Crippen LogP contribution in [0.25, 0.3) is 0 Å². The first-order valence-electron chi connectivity index (χ1n) is 9.01. The summed E-state index contributed by atoms with van der Waals surface area (Å²) in [4.78, 5) is 25.0. The number of carbonyl (C=O) groups is 2. The fraction of sp³-hybridized carbons (Fsp3) is 0.421. The normalized spacial score (nSPS) is 13.8. The molecule has 2 aromatic rings. The van der Waals surface area contributed by atoms with Crippen LogP contribution in [-0.2, 0) is 13.0 Å². The number of nitrogens with one attached hydrogen (secondary N) is 4. The quantitative estimate of drug-likeness (QED) is 0.631. The molecule has 0 radical (unpaired) electrons. The maximum Gasteiger partial charge on any atom is 0.276 e. The monoisotopic (exact) mass is 389 g/mol. The topological polar surface area (TPSA) is 98.9 Å². The highest BCUT2D eigenvalue weighted by atomic mass is 35.5. The number of halogens is 1. The SMILES string of the molecule is CCC(C)(C)NC(=O)c1ccc(NC(=O)c2n[nH]c3c2CNCC3)cc1Cl. The largest absolute Gasteiger partial charge is 0.347 e. The van der Waals surface area contributed by atoms with Crippen LogP contribution in [0.3, 0.4) is 0 Å². The molecule has 2 amide bonds. The van der Waals surface area contributed by atoms with Crippen LogP contribution in [0, 0.1) is 0 Å².